The van der Waals surface area contributed by atoms with Crippen LogP contribution in [0, 0.1) is 0 Å². The normalized spacial score (nSPS) is 35.0. The van der Waals surface area contributed by atoms with Crippen LogP contribution in [0.1, 0.15) is 43.7 Å². The highest BCUT2D eigenvalue weighted by atomic mass is 19.4. The fourth-order valence-electron chi connectivity index (χ4n) is 4.56. The summed E-state index contributed by atoms with van der Waals surface area (Å²) in [7, 11) is 0. The highest BCUT2D eigenvalue weighted by molar-refractivity contribution is 5.87. The molecule has 8 nitrogen and oxygen atoms in total. The summed E-state index contributed by atoms with van der Waals surface area (Å²) in [6, 6.07) is 1.74. The zero-order chi connectivity index (χ0) is 18.9. The van der Waals surface area contributed by atoms with Crippen molar-refractivity contribution >= 4 is 12.2 Å². The summed E-state index contributed by atoms with van der Waals surface area (Å²) in [6.45, 7) is 0. The van der Waals surface area contributed by atoms with E-state index in [1.165, 1.54) is 0 Å². The average Bonchev–Trinajstić information content (AvgIpc) is 2.82. The number of alkyl halides is 3. The topological polar surface area (TPSA) is 105 Å². The maximum Gasteiger partial charge on any atom is 0.522 e. The van der Waals surface area contributed by atoms with Gasteiger partial charge in [-0.3, -0.25) is 9.42 Å². The second-order valence-corrected chi connectivity index (χ2v) is 7.42. The summed E-state index contributed by atoms with van der Waals surface area (Å²) in [6.07, 6.45) is -5.13. The summed E-state index contributed by atoms with van der Waals surface area (Å²) >= 11 is 0. The number of carbonyl (C=O) groups is 2. The molecule has 1 aromatic heterocycles. The molecule has 2 amide bonds. The van der Waals surface area contributed by atoms with Crippen molar-refractivity contribution in [2.45, 2.75) is 61.6 Å². The van der Waals surface area contributed by atoms with Crippen molar-refractivity contribution in [1.29, 1.82) is 0 Å². The number of halogens is 3. The molecule has 0 aromatic carbocycles. The third-order valence-corrected chi connectivity index (χ3v) is 5.74. The summed E-state index contributed by atoms with van der Waals surface area (Å²) in [5.41, 5.74) is -0.599. The molecule has 1 heterocycles. The summed E-state index contributed by atoms with van der Waals surface area (Å²) < 4.78 is 42.2. The van der Waals surface area contributed by atoms with E-state index in [2.05, 4.69) is 9.84 Å². The van der Waals surface area contributed by atoms with E-state index in [9.17, 15) is 22.8 Å². The predicted octanol–water partition coefficient (Wildman–Crippen LogP) is 2.96. The zero-order valence-corrected chi connectivity index (χ0v) is 13.4. The Labute approximate surface area is 145 Å². The molecule has 142 valence electrons. The van der Waals surface area contributed by atoms with Crippen LogP contribution in [0.2, 0.25) is 0 Å². The van der Waals surface area contributed by atoms with Gasteiger partial charge in [-0.15, -0.1) is 13.2 Å². The van der Waals surface area contributed by atoms with Crippen LogP contribution in [0.3, 0.4) is 0 Å². The molecular weight excluding hydrogens is 359 g/mol. The van der Waals surface area contributed by atoms with Gasteiger partial charge in [0.1, 0.15) is 0 Å². The molecule has 4 fully saturated rings. The van der Waals surface area contributed by atoms with Crippen LogP contribution in [0.25, 0.3) is 0 Å². The minimum absolute atomic E-state index is 0.0977. The number of hydrogen-bond donors (Lipinski definition) is 2. The number of hydrogen-bond acceptors (Lipinski definition) is 4. The first-order valence-electron chi connectivity index (χ1n) is 8.10. The standard InChI is InChI=1S/C15H16F3N3O5/c16-15(17,18)26-9-3-8(4-9)10-1-2-20(19-10)13-5-14(6-13,7-13)21(11(22)23)12(24)25/h1-2,8-9H,3-7H2,(H,22,23)(H,24,25)/t8-,9+,13?,14?. The fourth-order valence-corrected chi connectivity index (χ4v) is 4.56. The Bertz CT molecular complexity index is 737. The number of nitrogens with zero attached hydrogens (tertiary/aromatic N) is 3. The van der Waals surface area contributed by atoms with Crippen LogP contribution in [0.15, 0.2) is 12.3 Å². The van der Waals surface area contributed by atoms with Crippen LogP contribution >= 0.6 is 0 Å². The third-order valence-electron chi connectivity index (χ3n) is 5.74. The van der Waals surface area contributed by atoms with Crippen molar-refractivity contribution in [3.63, 3.8) is 0 Å². The van der Waals surface area contributed by atoms with Crippen molar-refractivity contribution < 1.29 is 37.7 Å². The van der Waals surface area contributed by atoms with E-state index in [1.54, 1.807) is 16.9 Å². The van der Waals surface area contributed by atoms with E-state index in [4.69, 9.17) is 10.2 Å². The van der Waals surface area contributed by atoms with Crippen LogP contribution in [0.4, 0.5) is 22.8 Å². The number of carboxylic acid groups (broad SMARTS) is 2. The van der Waals surface area contributed by atoms with E-state index in [0.29, 0.717) is 29.9 Å². The molecule has 4 aliphatic rings. The molecule has 2 N–H and O–H groups in total. The van der Waals surface area contributed by atoms with Gasteiger partial charge in [0.2, 0.25) is 0 Å². The smallest absolute Gasteiger partial charge is 0.465 e. The Morgan fingerprint density at radius 2 is 1.81 bits per heavy atom. The van der Waals surface area contributed by atoms with Gasteiger partial charge in [-0.05, 0) is 38.2 Å². The Hall–Kier alpha value is -2.30. The number of amides is 2. The zero-order valence-electron chi connectivity index (χ0n) is 13.4. The van der Waals surface area contributed by atoms with Gasteiger partial charge in [0.15, 0.2) is 0 Å². The molecular formula is C15H16F3N3O5. The first kappa shape index (κ1) is 17.1. The fraction of sp³-hybridized carbons (Fsp3) is 0.667. The molecule has 11 heteroatoms. The molecule has 0 saturated heterocycles. The van der Waals surface area contributed by atoms with Gasteiger partial charge in [-0.2, -0.15) is 5.10 Å². The largest absolute Gasteiger partial charge is 0.522 e. The van der Waals surface area contributed by atoms with Crippen LogP contribution in [-0.2, 0) is 10.3 Å². The molecule has 0 aliphatic heterocycles. The Balaban J connectivity index is 1.37. The summed E-state index contributed by atoms with van der Waals surface area (Å²) in [4.78, 5) is 22.8. The van der Waals surface area contributed by atoms with E-state index in [-0.39, 0.29) is 18.8 Å². The van der Waals surface area contributed by atoms with Crippen LogP contribution in [0.5, 0.6) is 0 Å². The molecule has 4 aliphatic carbocycles. The lowest BCUT2D eigenvalue weighted by molar-refractivity contribution is -0.351. The van der Waals surface area contributed by atoms with E-state index < -0.39 is 35.7 Å². The summed E-state index contributed by atoms with van der Waals surface area (Å²) in [5, 5.41) is 22.6. The first-order valence-corrected chi connectivity index (χ1v) is 8.10. The molecule has 0 atom stereocenters. The van der Waals surface area contributed by atoms with Gasteiger partial charge in [-0.1, -0.05) is 0 Å². The van der Waals surface area contributed by atoms with Crippen molar-refractivity contribution in [3.8, 4) is 0 Å². The van der Waals surface area contributed by atoms with Gasteiger partial charge >= 0.3 is 18.5 Å². The molecule has 5 rings (SSSR count). The molecule has 0 unspecified atom stereocenters. The Morgan fingerprint density at radius 1 is 1.23 bits per heavy atom. The lowest BCUT2D eigenvalue weighted by Gasteiger charge is -2.71. The maximum absolute atomic E-state index is 12.2. The van der Waals surface area contributed by atoms with Crippen molar-refractivity contribution in [1.82, 2.24) is 14.7 Å². The molecule has 0 spiro atoms. The van der Waals surface area contributed by atoms with Crippen molar-refractivity contribution in [3.05, 3.63) is 18.0 Å². The van der Waals surface area contributed by atoms with Crippen LogP contribution < -0.4 is 0 Å². The monoisotopic (exact) mass is 375 g/mol. The second-order valence-electron chi connectivity index (χ2n) is 7.42. The highest BCUT2D eigenvalue weighted by Gasteiger charge is 2.74. The molecule has 26 heavy (non-hydrogen) atoms. The maximum atomic E-state index is 12.2. The van der Waals surface area contributed by atoms with E-state index in [0.717, 1.165) is 0 Å². The number of ether oxygens (including phenoxy) is 1. The predicted molar refractivity (Wildman–Crippen MR) is 77.6 cm³/mol. The quantitative estimate of drug-likeness (QED) is 0.838. The van der Waals surface area contributed by atoms with Gasteiger partial charge < -0.3 is 10.2 Å². The lowest BCUT2D eigenvalue weighted by atomic mass is 9.43. The minimum Gasteiger partial charge on any atom is -0.465 e. The van der Waals surface area contributed by atoms with Crippen LogP contribution in [-0.4, -0.2) is 55.1 Å². The Morgan fingerprint density at radius 3 is 2.31 bits per heavy atom. The number of imide groups is 1. The minimum atomic E-state index is -4.63. The third kappa shape index (κ3) is 2.44. The van der Waals surface area contributed by atoms with Gasteiger partial charge in [-0.25, -0.2) is 14.5 Å². The lowest BCUT2D eigenvalue weighted by Crippen LogP contribution is -2.80. The van der Waals surface area contributed by atoms with Gasteiger partial charge in [0, 0.05) is 12.1 Å². The van der Waals surface area contributed by atoms with E-state index in [1.807, 2.05) is 0 Å². The second kappa shape index (κ2) is 5.12. The summed E-state index contributed by atoms with van der Waals surface area (Å²) in [5.74, 6) is -0.0977. The molecule has 1 aromatic rings. The van der Waals surface area contributed by atoms with Crippen molar-refractivity contribution in [2.24, 2.45) is 0 Å². The van der Waals surface area contributed by atoms with Gasteiger partial charge in [0.25, 0.3) is 0 Å². The van der Waals surface area contributed by atoms with E-state index >= 15 is 0 Å². The highest BCUT2D eigenvalue weighted by Crippen LogP contribution is 2.67. The number of aromatic nitrogens is 2. The SMILES string of the molecule is O=C(O)N(C(=O)O)C12CC(n3ccc([C@H]4C[C@@H](OC(F)(F)F)C4)n3)(C1)C2. The molecule has 0 radical (unpaired) electrons. The van der Waals surface area contributed by atoms with Crippen molar-refractivity contribution in [2.75, 3.05) is 0 Å². The molecule has 4 saturated carbocycles. The molecule has 2 bridgehead atoms. The first-order chi connectivity index (χ1) is 12.0. The Kier molecular flexibility index (Phi) is 3.37. The number of rotatable bonds is 4. The average molecular weight is 375 g/mol. The van der Waals surface area contributed by atoms with Gasteiger partial charge in [0.05, 0.1) is 22.9 Å².